The van der Waals surface area contributed by atoms with Gasteiger partial charge in [-0.05, 0) is 12.1 Å². The summed E-state index contributed by atoms with van der Waals surface area (Å²) in [6.45, 7) is 0.276. The first-order valence-electron chi connectivity index (χ1n) is 3.83. The molecule has 0 spiro atoms. The van der Waals surface area contributed by atoms with E-state index < -0.39 is 10.2 Å². The summed E-state index contributed by atoms with van der Waals surface area (Å²) in [4.78, 5) is 0.889. The second-order valence-electron chi connectivity index (χ2n) is 2.81. The molecule has 1 rings (SSSR count). The van der Waals surface area contributed by atoms with E-state index in [-0.39, 0.29) is 6.54 Å². The molecule has 1 N–H and O–H groups in total. The van der Waals surface area contributed by atoms with E-state index in [9.17, 15) is 8.42 Å². The van der Waals surface area contributed by atoms with Crippen LogP contribution in [0.25, 0.3) is 0 Å². The Balaban J connectivity index is 2.57. The van der Waals surface area contributed by atoms with Crippen LogP contribution in [0.2, 0.25) is 4.34 Å². The first-order valence-corrected chi connectivity index (χ1v) is 6.46. The fourth-order valence-corrected chi connectivity index (χ4v) is 2.45. The zero-order valence-corrected chi connectivity index (χ0v) is 10.2. The van der Waals surface area contributed by atoms with Crippen LogP contribution in [-0.2, 0) is 16.8 Å². The molecule has 14 heavy (non-hydrogen) atoms. The van der Waals surface area contributed by atoms with Crippen molar-refractivity contribution in [3.8, 4) is 0 Å². The Bertz CT molecular complexity index is 400. The van der Waals surface area contributed by atoms with Gasteiger partial charge in [-0.2, -0.15) is 17.4 Å². The second kappa shape index (κ2) is 4.59. The van der Waals surface area contributed by atoms with Gasteiger partial charge in [0, 0.05) is 25.5 Å². The molecule has 0 aliphatic carbocycles. The van der Waals surface area contributed by atoms with Crippen molar-refractivity contribution in [2.24, 2.45) is 0 Å². The van der Waals surface area contributed by atoms with Crippen LogP contribution in [0.15, 0.2) is 12.1 Å². The molecule has 0 amide bonds. The highest BCUT2D eigenvalue weighted by Gasteiger charge is 2.12. The molecule has 0 unspecified atom stereocenters. The van der Waals surface area contributed by atoms with Gasteiger partial charge in [0.2, 0.25) is 0 Å². The van der Waals surface area contributed by atoms with E-state index in [0.29, 0.717) is 4.34 Å². The number of hydrogen-bond acceptors (Lipinski definition) is 3. The summed E-state index contributed by atoms with van der Waals surface area (Å²) in [5, 5.41) is 0. The summed E-state index contributed by atoms with van der Waals surface area (Å²) in [5.74, 6) is 0. The fraction of sp³-hybridized carbons (Fsp3) is 0.429. The third-order valence-corrected chi connectivity index (χ3v) is 4.24. The Morgan fingerprint density at radius 3 is 2.57 bits per heavy atom. The molecular weight excluding hydrogens is 244 g/mol. The van der Waals surface area contributed by atoms with Crippen LogP contribution in [-0.4, -0.2) is 26.8 Å². The largest absolute Gasteiger partial charge is 0.279 e. The monoisotopic (exact) mass is 254 g/mol. The van der Waals surface area contributed by atoms with Gasteiger partial charge in [-0.1, -0.05) is 11.6 Å². The third-order valence-electron chi connectivity index (χ3n) is 1.54. The average molecular weight is 255 g/mol. The molecule has 0 radical (unpaired) electrons. The molecule has 80 valence electrons. The highest BCUT2D eigenvalue weighted by Crippen LogP contribution is 2.21. The van der Waals surface area contributed by atoms with Crippen molar-refractivity contribution in [3.05, 3.63) is 21.3 Å². The lowest BCUT2D eigenvalue weighted by atomic mass is 10.5. The summed E-state index contributed by atoms with van der Waals surface area (Å²) in [7, 11) is -0.388. The molecule has 1 aromatic rings. The van der Waals surface area contributed by atoms with Crippen molar-refractivity contribution >= 4 is 33.1 Å². The maximum absolute atomic E-state index is 11.3. The molecular formula is C7H11ClN2O2S2. The molecule has 0 saturated carbocycles. The Morgan fingerprint density at radius 2 is 2.14 bits per heavy atom. The van der Waals surface area contributed by atoms with Crippen molar-refractivity contribution in [2.75, 3.05) is 14.1 Å². The van der Waals surface area contributed by atoms with E-state index in [1.54, 1.807) is 12.1 Å². The predicted octanol–water partition coefficient (Wildman–Crippen LogP) is 1.30. The normalized spacial score (nSPS) is 12.3. The van der Waals surface area contributed by atoms with E-state index >= 15 is 0 Å². The van der Waals surface area contributed by atoms with E-state index in [4.69, 9.17) is 11.6 Å². The lowest BCUT2D eigenvalue weighted by Gasteiger charge is -2.11. The van der Waals surface area contributed by atoms with Crippen molar-refractivity contribution in [3.63, 3.8) is 0 Å². The van der Waals surface area contributed by atoms with Crippen molar-refractivity contribution in [1.82, 2.24) is 9.03 Å². The number of thiophene rings is 1. The summed E-state index contributed by atoms with van der Waals surface area (Å²) >= 11 is 7.06. The number of hydrogen-bond donors (Lipinski definition) is 1. The van der Waals surface area contributed by atoms with Crippen LogP contribution in [0.3, 0.4) is 0 Å². The standard InChI is InChI=1S/C7H11ClN2O2S2/c1-10(2)14(11,12)9-5-6-3-4-7(8)13-6/h3-4,9H,5H2,1-2H3. The average Bonchev–Trinajstić information content (AvgIpc) is 2.48. The maximum atomic E-state index is 11.3. The second-order valence-corrected chi connectivity index (χ2v) is 6.58. The molecule has 0 saturated heterocycles. The molecule has 7 heteroatoms. The minimum atomic E-state index is -3.34. The van der Waals surface area contributed by atoms with Crippen LogP contribution < -0.4 is 4.72 Å². The first-order chi connectivity index (χ1) is 6.42. The maximum Gasteiger partial charge on any atom is 0.279 e. The smallest absolute Gasteiger partial charge is 0.197 e. The molecule has 0 aliphatic heterocycles. The third kappa shape index (κ3) is 3.21. The highest BCUT2D eigenvalue weighted by atomic mass is 35.5. The molecule has 0 fully saturated rings. The molecule has 0 bridgehead atoms. The molecule has 1 heterocycles. The van der Waals surface area contributed by atoms with Gasteiger partial charge in [0.1, 0.15) is 0 Å². The highest BCUT2D eigenvalue weighted by molar-refractivity contribution is 7.87. The summed E-state index contributed by atoms with van der Waals surface area (Å²) < 4.78 is 26.8. The number of nitrogens with zero attached hydrogens (tertiary/aromatic N) is 1. The number of halogens is 1. The van der Waals surface area contributed by atoms with Crippen LogP contribution in [0.5, 0.6) is 0 Å². The molecule has 1 aromatic heterocycles. The molecule has 0 aliphatic rings. The number of rotatable bonds is 4. The predicted molar refractivity (Wildman–Crippen MR) is 58.8 cm³/mol. The van der Waals surface area contributed by atoms with E-state index in [1.807, 2.05) is 0 Å². The van der Waals surface area contributed by atoms with Gasteiger partial charge in [0.05, 0.1) is 4.34 Å². The van der Waals surface area contributed by atoms with Gasteiger partial charge < -0.3 is 0 Å². The quantitative estimate of drug-likeness (QED) is 0.881. The topological polar surface area (TPSA) is 49.4 Å². The van der Waals surface area contributed by atoms with Gasteiger partial charge in [0.25, 0.3) is 10.2 Å². The Morgan fingerprint density at radius 1 is 1.50 bits per heavy atom. The molecule has 0 aromatic carbocycles. The van der Waals surface area contributed by atoms with Gasteiger partial charge in [-0.3, -0.25) is 0 Å². The summed E-state index contributed by atoms with van der Waals surface area (Å²) in [6, 6.07) is 3.54. The summed E-state index contributed by atoms with van der Waals surface area (Å²) in [5.41, 5.74) is 0. The lowest BCUT2D eigenvalue weighted by Crippen LogP contribution is -2.34. The van der Waals surface area contributed by atoms with Gasteiger partial charge in [-0.25, -0.2) is 0 Å². The van der Waals surface area contributed by atoms with Crippen molar-refractivity contribution in [2.45, 2.75) is 6.54 Å². The van der Waals surface area contributed by atoms with Crippen molar-refractivity contribution < 1.29 is 8.42 Å². The summed E-state index contributed by atoms with van der Waals surface area (Å²) in [6.07, 6.45) is 0. The van der Waals surface area contributed by atoms with Gasteiger partial charge in [0.15, 0.2) is 0 Å². The fourth-order valence-electron chi connectivity index (χ4n) is 0.738. The van der Waals surface area contributed by atoms with Crippen molar-refractivity contribution in [1.29, 1.82) is 0 Å². The Hall–Kier alpha value is -0.140. The number of nitrogens with one attached hydrogen (secondary N) is 1. The van der Waals surface area contributed by atoms with Crippen LogP contribution in [0.1, 0.15) is 4.88 Å². The molecule has 0 atom stereocenters. The van der Waals surface area contributed by atoms with Crippen LogP contribution in [0, 0.1) is 0 Å². The Kier molecular flexibility index (Phi) is 3.91. The van der Waals surface area contributed by atoms with Crippen LogP contribution >= 0.6 is 22.9 Å². The zero-order chi connectivity index (χ0) is 10.8. The minimum absolute atomic E-state index is 0.276. The van der Waals surface area contributed by atoms with E-state index in [0.717, 1.165) is 9.18 Å². The first kappa shape index (κ1) is 11.9. The minimum Gasteiger partial charge on any atom is -0.197 e. The SMILES string of the molecule is CN(C)S(=O)(=O)NCc1ccc(Cl)s1. The van der Waals surface area contributed by atoms with Crippen LogP contribution in [0.4, 0.5) is 0 Å². The van der Waals surface area contributed by atoms with Gasteiger partial charge >= 0.3 is 0 Å². The van der Waals surface area contributed by atoms with E-state index in [2.05, 4.69) is 4.72 Å². The Labute approximate surface area is 92.7 Å². The van der Waals surface area contributed by atoms with Gasteiger partial charge in [-0.15, -0.1) is 11.3 Å². The lowest BCUT2D eigenvalue weighted by molar-refractivity contribution is 0.505. The van der Waals surface area contributed by atoms with E-state index in [1.165, 1.54) is 25.4 Å². The zero-order valence-electron chi connectivity index (χ0n) is 7.82. The molecule has 4 nitrogen and oxygen atoms in total.